The molecule has 0 aromatic heterocycles. The van der Waals surface area contributed by atoms with Gasteiger partial charge in [0.05, 0.1) is 12.8 Å². The van der Waals surface area contributed by atoms with Crippen molar-refractivity contribution in [3.8, 4) is 0 Å². The Morgan fingerprint density at radius 1 is 1.54 bits per heavy atom. The monoisotopic (exact) mass is 180 g/mol. The molecule has 3 N–H and O–H groups in total. The van der Waals surface area contributed by atoms with E-state index in [0.717, 1.165) is 11.3 Å². The zero-order valence-corrected chi connectivity index (χ0v) is 7.63. The molecule has 0 spiro atoms. The van der Waals surface area contributed by atoms with Crippen molar-refractivity contribution in [2.24, 2.45) is 5.73 Å². The third-order valence-electron chi connectivity index (χ3n) is 1.73. The molecular weight excluding hydrogens is 168 g/mol. The Morgan fingerprint density at radius 3 is 2.77 bits per heavy atom. The first-order valence-corrected chi connectivity index (χ1v) is 3.84. The third-order valence-corrected chi connectivity index (χ3v) is 1.73. The van der Waals surface area contributed by atoms with Gasteiger partial charge in [-0.3, -0.25) is 15.1 Å². The van der Waals surface area contributed by atoms with Gasteiger partial charge in [0.2, 0.25) is 5.91 Å². The fourth-order valence-electron chi connectivity index (χ4n) is 0.995. The molecule has 0 heterocycles. The van der Waals surface area contributed by atoms with Crippen LogP contribution >= 0.6 is 0 Å². The number of rotatable bonds is 3. The van der Waals surface area contributed by atoms with Crippen molar-refractivity contribution < 1.29 is 9.63 Å². The Hall–Kier alpha value is -1.55. The highest BCUT2D eigenvalue weighted by Gasteiger charge is 2.03. The van der Waals surface area contributed by atoms with E-state index in [0.29, 0.717) is 5.56 Å². The maximum absolute atomic E-state index is 10.8. The van der Waals surface area contributed by atoms with E-state index in [1.165, 1.54) is 7.11 Å². The second-order valence-electron chi connectivity index (χ2n) is 2.70. The van der Waals surface area contributed by atoms with Crippen LogP contribution in [0, 0.1) is 6.92 Å². The summed E-state index contributed by atoms with van der Waals surface area (Å²) >= 11 is 0. The molecule has 0 fully saturated rings. The van der Waals surface area contributed by atoms with Gasteiger partial charge in [-0.25, -0.2) is 0 Å². The lowest BCUT2D eigenvalue weighted by Gasteiger charge is -2.07. The predicted octanol–water partition coefficient (Wildman–Crippen LogP) is 1.07. The van der Waals surface area contributed by atoms with E-state index < -0.39 is 5.91 Å². The molecule has 0 aliphatic heterocycles. The highest BCUT2D eigenvalue weighted by Crippen LogP contribution is 2.16. The number of nitrogens with two attached hydrogens (primary N) is 1. The highest BCUT2D eigenvalue weighted by atomic mass is 16.6. The maximum Gasteiger partial charge on any atom is 0.248 e. The molecule has 70 valence electrons. The van der Waals surface area contributed by atoms with E-state index in [4.69, 9.17) is 10.6 Å². The van der Waals surface area contributed by atoms with Crippen LogP contribution < -0.4 is 11.2 Å². The fourth-order valence-corrected chi connectivity index (χ4v) is 0.995. The maximum atomic E-state index is 10.8. The second kappa shape index (κ2) is 3.91. The summed E-state index contributed by atoms with van der Waals surface area (Å²) in [4.78, 5) is 15.6. The van der Waals surface area contributed by atoms with Crippen LogP contribution in [0.25, 0.3) is 0 Å². The Balaban J connectivity index is 3.03. The van der Waals surface area contributed by atoms with Gasteiger partial charge in [-0.15, -0.1) is 0 Å². The minimum absolute atomic E-state index is 0.445. The molecule has 1 aromatic carbocycles. The molecule has 0 saturated carbocycles. The molecule has 4 nitrogen and oxygen atoms in total. The number of amides is 1. The predicted molar refractivity (Wildman–Crippen MR) is 50.3 cm³/mol. The smallest absolute Gasteiger partial charge is 0.248 e. The van der Waals surface area contributed by atoms with Crippen LogP contribution in [0.15, 0.2) is 18.2 Å². The molecule has 0 radical (unpaired) electrons. The third kappa shape index (κ3) is 2.19. The fraction of sp³-hybridized carbons (Fsp3) is 0.222. The van der Waals surface area contributed by atoms with Crippen LogP contribution in [0.2, 0.25) is 0 Å². The van der Waals surface area contributed by atoms with E-state index in [1.54, 1.807) is 18.2 Å². The number of carbonyl (C=O) groups is 1. The Labute approximate surface area is 76.6 Å². The minimum atomic E-state index is -0.445. The van der Waals surface area contributed by atoms with Gasteiger partial charge >= 0.3 is 0 Å². The molecule has 0 bridgehead atoms. The molecule has 1 rings (SSSR count). The lowest BCUT2D eigenvalue weighted by Crippen LogP contribution is -2.11. The standard InChI is InChI=1S/C9H12N2O2/c1-6-3-4-7(9(10)12)5-8(6)11-13-2/h3-5,11H,1-2H3,(H2,10,12). The zero-order valence-electron chi connectivity index (χ0n) is 7.63. The van der Waals surface area contributed by atoms with Crippen molar-refractivity contribution in [2.75, 3.05) is 12.6 Å². The molecule has 0 atom stereocenters. The molecule has 4 heteroatoms. The van der Waals surface area contributed by atoms with E-state index in [2.05, 4.69) is 5.48 Å². The second-order valence-corrected chi connectivity index (χ2v) is 2.70. The van der Waals surface area contributed by atoms with Crippen LogP contribution in [0.1, 0.15) is 15.9 Å². The SMILES string of the molecule is CONc1cc(C(N)=O)ccc1C. The number of primary amides is 1. The largest absolute Gasteiger partial charge is 0.366 e. The first-order chi connectivity index (χ1) is 6.15. The first kappa shape index (κ1) is 9.54. The van der Waals surface area contributed by atoms with Gasteiger partial charge in [0.15, 0.2) is 0 Å². The summed E-state index contributed by atoms with van der Waals surface area (Å²) in [5, 5.41) is 0. The van der Waals surface area contributed by atoms with Gasteiger partial charge in [-0.1, -0.05) is 6.07 Å². The molecule has 1 amide bonds. The Bertz CT molecular complexity index is 323. The molecule has 0 saturated heterocycles. The van der Waals surface area contributed by atoms with Gasteiger partial charge in [0.25, 0.3) is 0 Å². The van der Waals surface area contributed by atoms with Crippen LogP contribution in [-0.2, 0) is 4.84 Å². The summed E-state index contributed by atoms with van der Waals surface area (Å²) in [6.07, 6.45) is 0. The van der Waals surface area contributed by atoms with Gasteiger partial charge in [0, 0.05) is 5.56 Å². The molecule has 1 aromatic rings. The van der Waals surface area contributed by atoms with Crippen LogP contribution in [0.4, 0.5) is 5.69 Å². The van der Waals surface area contributed by atoms with Crippen LogP contribution in [0.5, 0.6) is 0 Å². The number of nitrogens with one attached hydrogen (secondary N) is 1. The molecule has 0 aliphatic carbocycles. The van der Waals surface area contributed by atoms with Crippen molar-refractivity contribution in [1.82, 2.24) is 0 Å². The molecular formula is C9H12N2O2. The summed E-state index contributed by atoms with van der Waals surface area (Å²) in [6, 6.07) is 5.14. The summed E-state index contributed by atoms with van der Waals surface area (Å²) in [5.41, 5.74) is 9.99. The topological polar surface area (TPSA) is 64.3 Å². The van der Waals surface area contributed by atoms with Crippen molar-refractivity contribution in [3.63, 3.8) is 0 Å². The number of anilines is 1. The quantitative estimate of drug-likeness (QED) is 0.684. The van der Waals surface area contributed by atoms with Crippen LogP contribution in [0.3, 0.4) is 0 Å². The van der Waals surface area contributed by atoms with Gasteiger partial charge < -0.3 is 5.73 Å². The first-order valence-electron chi connectivity index (χ1n) is 3.84. The van der Waals surface area contributed by atoms with Gasteiger partial charge in [0.1, 0.15) is 0 Å². The van der Waals surface area contributed by atoms with Crippen molar-refractivity contribution >= 4 is 11.6 Å². The summed E-state index contributed by atoms with van der Waals surface area (Å²) in [7, 11) is 1.51. The number of benzene rings is 1. The average molecular weight is 180 g/mol. The normalized spacial score (nSPS) is 9.69. The van der Waals surface area contributed by atoms with E-state index >= 15 is 0 Å². The van der Waals surface area contributed by atoms with Crippen LogP contribution in [-0.4, -0.2) is 13.0 Å². The van der Waals surface area contributed by atoms with Crippen molar-refractivity contribution in [2.45, 2.75) is 6.92 Å². The molecule has 0 aliphatic rings. The zero-order chi connectivity index (χ0) is 9.84. The summed E-state index contributed by atoms with van der Waals surface area (Å²) < 4.78 is 0. The molecule has 13 heavy (non-hydrogen) atoms. The van der Waals surface area contributed by atoms with E-state index in [9.17, 15) is 4.79 Å². The average Bonchev–Trinajstić information content (AvgIpc) is 2.08. The highest BCUT2D eigenvalue weighted by molar-refractivity contribution is 5.93. The lowest BCUT2D eigenvalue weighted by atomic mass is 10.1. The number of aryl methyl sites for hydroxylation is 1. The van der Waals surface area contributed by atoms with E-state index in [-0.39, 0.29) is 0 Å². The minimum Gasteiger partial charge on any atom is -0.366 e. The Morgan fingerprint density at radius 2 is 2.23 bits per heavy atom. The summed E-state index contributed by atoms with van der Waals surface area (Å²) in [6.45, 7) is 1.91. The summed E-state index contributed by atoms with van der Waals surface area (Å²) in [5.74, 6) is -0.445. The van der Waals surface area contributed by atoms with Gasteiger partial charge in [-0.05, 0) is 24.6 Å². The Kier molecular flexibility index (Phi) is 2.87. The lowest BCUT2D eigenvalue weighted by molar-refractivity contribution is 0.100. The van der Waals surface area contributed by atoms with Gasteiger partial charge in [-0.2, -0.15) is 0 Å². The molecule has 0 unspecified atom stereocenters. The number of carbonyl (C=O) groups excluding carboxylic acids is 1. The van der Waals surface area contributed by atoms with E-state index in [1.807, 2.05) is 6.92 Å². The number of hydrogen-bond donors (Lipinski definition) is 2. The number of hydrogen-bond acceptors (Lipinski definition) is 3. The van der Waals surface area contributed by atoms with Crippen molar-refractivity contribution in [1.29, 1.82) is 0 Å². The van der Waals surface area contributed by atoms with Crippen molar-refractivity contribution in [3.05, 3.63) is 29.3 Å².